The van der Waals surface area contributed by atoms with Gasteiger partial charge in [-0.15, -0.1) is 0 Å². The van der Waals surface area contributed by atoms with Crippen molar-refractivity contribution < 1.29 is 9.53 Å². The molecule has 0 fully saturated rings. The molecule has 0 aliphatic carbocycles. The molecule has 3 heteroatoms. The molecular weight excluding hydrogens is 399 g/mol. The van der Waals surface area contributed by atoms with Crippen molar-refractivity contribution in [2.24, 2.45) is 5.41 Å². The van der Waals surface area contributed by atoms with Gasteiger partial charge in [-0.1, -0.05) is 94.4 Å². The van der Waals surface area contributed by atoms with E-state index in [0.717, 1.165) is 11.7 Å². The van der Waals surface area contributed by atoms with Crippen molar-refractivity contribution >= 4 is 29.8 Å². The van der Waals surface area contributed by atoms with Gasteiger partial charge < -0.3 is 4.74 Å². The van der Waals surface area contributed by atoms with E-state index in [-0.39, 0.29) is 11.4 Å². The predicted molar refractivity (Wildman–Crippen MR) is 133 cm³/mol. The molecule has 162 valence electrons. The maximum atomic E-state index is 13.5. The van der Waals surface area contributed by atoms with Crippen molar-refractivity contribution in [2.75, 3.05) is 0 Å². The average Bonchev–Trinajstić information content (AvgIpc) is 2.74. The summed E-state index contributed by atoms with van der Waals surface area (Å²) in [6, 6.07) is 27.2. The second kappa shape index (κ2) is 9.37. The zero-order chi connectivity index (χ0) is 22.6. The van der Waals surface area contributed by atoms with Crippen LogP contribution in [0.2, 0.25) is 0 Å². The Morgan fingerprint density at radius 3 is 1.77 bits per heavy atom. The summed E-state index contributed by atoms with van der Waals surface area (Å²) >= 11 is 0. The summed E-state index contributed by atoms with van der Waals surface area (Å²) < 4.78 is 6.10. The molecule has 3 aromatic rings. The summed E-state index contributed by atoms with van der Waals surface area (Å²) in [5, 5.41) is 3.50. The highest BCUT2D eigenvalue weighted by Crippen LogP contribution is 2.37. The summed E-state index contributed by atoms with van der Waals surface area (Å²) in [6.45, 7) is 12.4. The molecule has 0 aliphatic heterocycles. The quantitative estimate of drug-likeness (QED) is 0.353. The first kappa shape index (κ1) is 23.2. The Hall–Kier alpha value is -2.44. The lowest BCUT2D eigenvalue weighted by Crippen LogP contribution is -2.42. The van der Waals surface area contributed by atoms with Crippen molar-refractivity contribution in [2.45, 2.75) is 53.6 Å². The Kier molecular flexibility index (Phi) is 7.02. The summed E-state index contributed by atoms with van der Waals surface area (Å²) in [5.41, 5.74) is 1.12. The largest absolute Gasteiger partial charge is 0.455 e. The summed E-state index contributed by atoms with van der Waals surface area (Å²) in [4.78, 5) is 13.5. The Morgan fingerprint density at radius 1 is 0.806 bits per heavy atom. The lowest BCUT2D eigenvalue weighted by atomic mass is 9.79. The van der Waals surface area contributed by atoms with Gasteiger partial charge in [0.25, 0.3) is 0 Å². The van der Waals surface area contributed by atoms with E-state index < -0.39 is 13.5 Å². The molecule has 0 heterocycles. The Balaban J connectivity index is 2.16. The van der Waals surface area contributed by atoms with Crippen LogP contribution in [-0.4, -0.2) is 11.6 Å². The lowest BCUT2D eigenvalue weighted by molar-refractivity contribution is -0.0550. The molecule has 3 rings (SSSR count). The van der Waals surface area contributed by atoms with Gasteiger partial charge in [0.2, 0.25) is 0 Å². The third-order valence-electron chi connectivity index (χ3n) is 6.11. The highest BCUT2D eigenvalue weighted by Gasteiger charge is 2.37. The van der Waals surface area contributed by atoms with Crippen LogP contribution >= 0.6 is 7.92 Å². The topological polar surface area (TPSA) is 26.3 Å². The molecular formula is C28H33O2P. The second-order valence-electron chi connectivity index (χ2n) is 9.36. The zero-order valence-corrected chi connectivity index (χ0v) is 20.4. The van der Waals surface area contributed by atoms with Gasteiger partial charge in [0, 0.05) is 5.41 Å². The third kappa shape index (κ3) is 5.25. The number of hydrogen-bond donors (Lipinski definition) is 0. The lowest BCUT2D eigenvalue weighted by Gasteiger charge is -2.38. The molecule has 0 saturated heterocycles. The smallest absolute Gasteiger partial charge is 0.339 e. The van der Waals surface area contributed by atoms with Crippen LogP contribution in [0.25, 0.3) is 0 Å². The maximum Gasteiger partial charge on any atom is 0.339 e. The van der Waals surface area contributed by atoms with Gasteiger partial charge in [0.05, 0.1) is 5.56 Å². The molecule has 0 saturated carbocycles. The fourth-order valence-corrected chi connectivity index (χ4v) is 5.67. The Morgan fingerprint density at radius 2 is 1.32 bits per heavy atom. The Bertz CT molecular complexity index is 978. The first-order valence-electron chi connectivity index (χ1n) is 10.9. The van der Waals surface area contributed by atoms with Crippen LogP contribution in [0.4, 0.5) is 0 Å². The highest BCUT2D eigenvalue weighted by atomic mass is 31.1. The number of ether oxygens (including phenoxy) is 1. The van der Waals surface area contributed by atoms with E-state index in [2.05, 4.69) is 82.3 Å². The van der Waals surface area contributed by atoms with Gasteiger partial charge in [0.1, 0.15) is 5.60 Å². The molecule has 0 aromatic heterocycles. The molecule has 0 unspecified atom stereocenters. The maximum absolute atomic E-state index is 13.5. The second-order valence-corrected chi connectivity index (χ2v) is 11.5. The fraction of sp³-hybridized carbons (Fsp3) is 0.321. The molecule has 0 amide bonds. The molecule has 31 heavy (non-hydrogen) atoms. The van der Waals surface area contributed by atoms with E-state index in [1.165, 1.54) is 16.2 Å². The summed E-state index contributed by atoms with van der Waals surface area (Å²) in [5.74, 6) is -0.253. The third-order valence-corrected chi connectivity index (χ3v) is 8.59. The van der Waals surface area contributed by atoms with Crippen molar-refractivity contribution in [3.8, 4) is 0 Å². The number of hydrogen-bond acceptors (Lipinski definition) is 2. The normalized spacial score (nSPS) is 12.1. The van der Waals surface area contributed by atoms with Crippen molar-refractivity contribution in [3.05, 3.63) is 90.0 Å². The number of carbonyl (C=O) groups excluding carboxylic acids is 1. The van der Waals surface area contributed by atoms with Crippen LogP contribution in [0.15, 0.2) is 78.9 Å². The van der Waals surface area contributed by atoms with E-state index in [4.69, 9.17) is 4.74 Å². The van der Waals surface area contributed by atoms with Crippen molar-refractivity contribution in [1.82, 2.24) is 0 Å². The van der Waals surface area contributed by atoms with Crippen LogP contribution in [-0.2, 0) is 11.2 Å². The fourth-order valence-electron chi connectivity index (χ4n) is 3.18. The minimum Gasteiger partial charge on any atom is -0.455 e. The molecule has 0 atom stereocenters. The molecule has 2 nitrogen and oxygen atoms in total. The van der Waals surface area contributed by atoms with Gasteiger partial charge in [-0.25, -0.2) is 4.79 Å². The van der Waals surface area contributed by atoms with Crippen LogP contribution in [0.1, 0.15) is 57.5 Å². The summed E-state index contributed by atoms with van der Waals surface area (Å²) in [7, 11) is -0.892. The molecule has 0 radical (unpaired) electrons. The zero-order valence-electron chi connectivity index (χ0n) is 19.5. The predicted octanol–water partition coefficient (Wildman–Crippen LogP) is 5.99. The van der Waals surface area contributed by atoms with Gasteiger partial charge >= 0.3 is 5.97 Å². The monoisotopic (exact) mass is 432 g/mol. The SMILES string of the molecule is CCc1ccc(C(=O)OC(C)(C)C(C)(C)C)c(P(c2ccccc2)c2ccccc2)c1. The molecule has 0 spiro atoms. The molecule has 0 N–H and O–H groups in total. The van der Waals surface area contributed by atoms with Crippen molar-refractivity contribution in [3.63, 3.8) is 0 Å². The van der Waals surface area contributed by atoms with Gasteiger partial charge in [-0.3, -0.25) is 0 Å². The van der Waals surface area contributed by atoms with Crippen LogP contribution in [0.5, 0.6) is 0 Å². The standard InChI is InChI=1S/C28H33O2P/c1-7-21-18-19-24(26(29)30-28(5,6)27(2,3)4)25(20-21)31(22-14-10-8-11-15-22)23-16-12-9-13-17-23/h8-20H,7H2,1-6H3. The minimum atomic E-state index is -0.892. The number of rotatable bonds is 6. The van der Waals surface area contributed by atoms with E-state index in [1.54, 1.807) is 0 Å². The van der Waals surface area contributed by atoms with Gasteiger partial charge in [-0.2, -0.15) is 0 Å². The average molecular weight is 433 g/mol. The van der Waals surface area contributed by atoms with E-state index >= 15 is 0 Å². The first-order valence-corrected chi connectivity index (χ1v) is 12.2. The van der Waals surface area contributed by atoms with Gasteiger partial charge in [-0.05, 0) is 61.8 Å². The number of esters is 1. The number of benzene rings is 3. The first-order chi connectivity index (χ1) is 14.6. The van der Waals surface area contributed by atoms with E-state index in [1.807, 2.05) is 38.1 Å². The minimum absolute atomic E-state index is 0.171. The molecule has 0 bridgehead atoms. The van der Waals surface area contributed by atoms with Crippen molar-refractivity contribution in [1.29, 1.82) is 0 Å². The number of carbonyl (C=O) groups is 1. The molecule has 3 aromatic carbocycles. The summed E-state index contributed by atoms with van der Waals surface area (Å²) in [6.07, 6.45) is 0.919. The van der Waals surface area contributed by atoms with Crippen LogP contribution in [0, 0.1) is 5.41 Å². The Labute approximate surface area is 188 Å². The van der Waals surface area contributed by atoms with Gasteiger partial charge in [0.15, 0.2) is 0 Å². The molecule has 0 aliphatic rings. The highest BCUT2D eigenvalue weighted by molar-refractivity contribution is 7.80. The van der Waals surface area contributed by atoms with Crippen LogP contribution in [0.3, 0.4) is 0 Å². The van der Waals surface area contributed by atoms with E-state index in [9.17, 15) is 4.79 Å². The van der Waals surface area contributed by atoms with E-state index in [0.29, 0.717) is 5.56 Å². The number of aryl methyl sites for hydroxylation is 1. The van der Waals surface area contributed by atoms with Crippen LogP contribution < -0.4 is 15.9 Å².